The summed E-state index contributed by atoms with van der Waals surface area (Å²) in [6.07, 6.45) is 3.42. The number of nitrogens with one attached hydrogen (secondary N) is 2. The third kappa shape index (κ3) is 5.50. The van der Waals surface area contributed by atoms with Crippen molar-refractivity contribution in [3.63, 3.8) is 0 Å². The Bertz CT molecular complexity index is 1490. The summed E-state index contributed by atoms with van der Waals surface area (Å²) in [5, 5.41) is 31.3. The van der Waals surface area contributed by atoms with Crippen molar-refractivity contribution in [1.29, 1.82) is 0 Å². The number of carboxylic acid groups (broad SMARTS) is 1. The van der Waals surface area contributed by atoms with E-state index in [1.54, 1.807) is 29.1 Å². The van der Waals surface area contributed by atoms with Crippen LogP contribution in [0.1, 0.15) is 25.4 Å². The van der Waals surface area contributed by atoms with Crippen LogP contribution in [0.5, 0.6) is 0 Å². The van der Waals surface area contributed by atoms with Crippen molar-refractivity contribution in [3.05, 3.63) is 47.0 Å². The van der Waals surface area contributed by atoms with Crippen molar-refractivity contribution in [2.75, 3.05) is 17.2 Å². The van der Waals surface area contributed by atoms with E-state index in [-0.39, 0.29) is 28.3 Å². The summed E-state index contributed by atoms with van der Waals surface area (Å²) < 4.78 is 0. The number of nitrogen functional groups attached to an aromatic ring is 1. The number of anilines is 1. The summed E-state index contributed by atoms with van der Waals surface area (Å²) in [5.74, 6) is -1.01. The van der Waals surface area contributed by atoms with E-state index in [2.05, 4.69) is 41.1 Å². The number of aromatic nitrogens is 6. The fourth-order valence-corrected chi connectivity index (χ4v) is 6.60. The van der Waals surface area contributed by atoms with Crippen molar-refractivity contribution in [2.24, 2.45) is 5.16 Å². The molecule has 2 unspecified atom stereocenters. The van der Waals surface area contributed by atoms with Gasteiger partial charge >= 0.3 is 5.97 Å². The maximum atomic E-state index is 13.4. The lowest BCUT2D eigenvalue weighted by Crippen LogP contribution is -2.70. The molecule has 3 aromatic heterocycles. The van der Waals surface area contributed by atoms with Gasteiger partial charge in [-0.1, -0.05) is 5.16 Å². The van der Waals surface area contributed by atoms with Crippen LogP contribution in [0.15, 0.2) is 45.5 Å². The number of tetrazole rings is 1. The van der Waals surface area contributed by atoms with Gasteiger partial charge in [-0.2, -0.15) is 5.21 Å². The van der Waals surface area contributed by atoms with Crippen LogP contribution in [-0.4, -0.2) is 92.6 Å². The molecule has 18 heteroatoms. The molecular weight excluding hydrogens is 581 g/mol. The van der Waals surface area contributed by atoms with Crippen LogP contribution in [0.3, 0.4) is 0 Å². The molecule has 2 aliphatic heterocycles. The molecular formula is C22H22N10O5S3. The smallest absolute Gasteiger partial charge is 0.350 e. The van der Waals surface area contributed by atoms with Gasteiger partial charge in [0.05, 0.1) is 5.70 Å². The lowest BCUT2D eigenvalue weighted by atomic mass is 10.0. The number of β-lactam (4-membered cyclic amide) rings is 1. The number of hydrogen-bond acceptors (Lipinski definition) is 14. The quantitative estimate of drug-likeness (QED) is 0.110. The number of aromatic amines is 1. The second-order valence-corrected chi connectivity index (χ2v) is 12.0. The number of oxime groups is 1. The summed E-state index contributed by atoms with van der Waals surface area (Å²) in [6, 6.07) is 2.89. The molecule has 5 rings (SSSR count). The molecule has 0 saturated carbocycles. The maximum Gasteiger partial charge on any atom is 0.350 e. The molecule has 1 fully saturated rings. The van der Waals surface area contributed by atoms with Gasteiger partial charge in [0.15, 0.2) is 10.8 Å². The number of rotatable bonds is 10. The van der Waals surface area contributed by atoms with Crippen molar-refractivity contribution in [2.45, 2.75) is 35.8 Å². The molecule has 1 saturated heterocycles. The largest absolute Gasteiger partial charge is 0.478 e. The molecule has 40 heavy (non-hydrogen) atoms. The minimum absolute atomic E-state index is 0.0870. The van der Waals surface area contributed by atoms with E-state index < -0.39 is 28.9 Å². The molecule has 2 atom stereocenters. The minimum Gasteiger partial charge on any atom is -0.478 e. The van der Waals surface area contributed by atoms with Crippen LogP contribution >= 0.6 is 34.9 Å². The Hall–Kier alpha value is -4.03. The van der Waals surface area contributed by atoms with Gasteiger partial charge in [-0.15, -0.1) is 45.1 Å². The van der Waals surface area contributed by atoms with E-state index in [0.29, 0.717) is 17.2 Å². The number of thiazole rings is 1. The normalized spacial score (nSPS) is 19.2. The Morgan fingerprint density at radius 3 is 2.80 bits per heavy atom. The van der Waals surface area contributed by atoms with Gasteiger partial charge in [-0.25, -0.2) is 9.78 Å². The average Bonchev–Trinajstić information content (AvgIpc) is 3.63. The van der Waals surface area contributed by atoms with Gasteiger partial charge in [-0.05, 0) is 36.8 Å². The molecule has 5 N–H and O–H groups in total. The van der Waals surface area contributed by atoms with E-state index in [4.69, 9.17) is 10.6 Å². The van der Waals surface area contributed by atoms with E-state index in [9.17, 15) is 19.5 Å². The zero-order valence-corrected chi connectivity index (χ0v) is 23.4. The Balaban J connectivity index is 1.37. The first-order valence-electron chi connectivity index (χ1n) is 11.6. The second kappa shape index (κ2) is 11.2. The van der Waals surface area contributed by atoms with Crippen molar-refractivity contribution in [3.8, 4) is 0 Å². The molecule has 0 spiro atoms. The first-order valence-corrected chi connectivity index (χ1v) is 14.5. The molecule has 0 radical (unpaired) electrons. The number of fused-ring (bicyclic) bond motifs is 1. The highest BCUT2D eigenvalue weighted by atomic mass is 32.2. The minimum atomic E-state index is -1.72. The molecule has 208 valence electrons. The number of pyridine rings is 1. The number of thioether (sulfide) groups is 2. The third-order valence-electron chi connectivity index (χ3n) is 5.81. The summed E-state index contributed by atoms with van der Waals surface area (Å²) in [7, 11) is 0. The fraction of sp³-hybridized carbons (Fsp3) is 0.318. The highest BCUT2D eigenvalue weighted by Crippen LogP contribution is 2.44. The van der Waals surface area contributed by atoms with Crippen LogP contribution in [0.25, 0.3) is 5.70 Å². The molecule has 15 nitrogen and oxygen atoms in total. The standard InChI is InChI=1S/C22H22N10O5S3/c1-22(2,20(35)36)37-29-13(12-9-40-21(23)25-12)17(33)26-14-18(34)32-15(16-27-30-31-28-16)10(8-39-19(14)32)7-38-11-3-5-24-6-4-11/h3-6,9,14,19H,7-8H2,1-2H3,(H2,23,25)(H,26,33)(H,35,36)(H,27,28,30,31)/b29-13-. The maximum absolute atomic E-state index is 13.4. The highest BCUT2D eigenvalue weighted by molar-refractivity contribution is 8.01. The topological polar surface area (TPSA) is 215 Å². The monoisotopic (exact) mass is 602 g/mol. The van der Waals surface area contributed by atoms with E-state index in [1.165, 1.54) is 31.0 Å². The zero-order valence-electron chi connectivity index (χ0n) is 21.0. The SMILES string of the molecule is CC(C)(O/N=C(\C(=O)NC1C(=O)N2C(c3nn[nH]n3)=C(CSc3ccncc3)CSC12)c1csc(N)n1)C(=O)O. The molecule has 5 heterocycles. The van der Waals surface area contributed by atoms with Gasteiger partial charge in [0.25, 0.3) is 11.8 Å². The lowest BCUT2D eigenvalue weighted by Gasteiger charge is -2.49. The molecule has 3 aromatic rings. The Morgan fingerprint density at radius 2 is 2.15 bits per heavy atom. The van der Waals surface area contributed by atoms with Crippen molar-refractivity contribution < 1.29 is 24.3 Å². The first-order chi connectivity index (χ1) is 19.2. The number of carbonyl (C=O) groups is 3. The van der Waals surface area contributed by atoms with Gasteiger partial charge in [0, 0.05) is 34.2 Å². The van der Waals surface area contributed by atoms with Gasteiger partial charge in [0.1, 0.15) is 17.1 Å². The van der Waals surface area contributed by atoms with E-state index in [1.807, 2.05) is 12.1 Å². The van der Waals surface area contributed by atoms with Gasteiger partial charge < -0.3 is 21.0 Å². The fourth-order valence-electron chi connectivity index (χ4n) is 3.68. The number of nitrogens with zero attached hydrogens (tertiary/aromatic N) is 7. The number of carboxylic acids is 1. The Labute approximate surface area is 239 Å². The zero-order chi connectivity index (χ0) is 28.4. The molecule has 0 bridgehead atoms. The average molecular weight is 603 g/mol. The number of nitrogens with two attached hydrogens (primary N) is 1. The summed E-state index contributed by atoms with van der Waals surface area (Å²) in [6.45, 7) is 2.57. The predicted octanol–water partition coefficient (Wildman–Crippen LogP) is 0.821. The van der Waals surface area contributed by atoms with Crippen LogP contribution in [0.4, 0.5) is 5.13 Å². The summed E-state index contributed by atoms with van der Waals surface area (Å²) >= 11 is 4.14. The first kappa shape index (κ1) is 27.5. The van der Waals surface area contributed by atoms with Crippen LogP contribution in [0.2, 0.25) is 0 Å². The number of H-pyrrole nitrogens is 1. The lowest BCUT2D eigenvalue weighted by molar-refractivity contribution is -0.161. The summed E-state index contributed by atoms with van der Waals surface area (Å²) in [4.78, 5) is 54.0. The number of carbonyl (C=O) groups excluding carboxylic acids is 2. The van der Waals surface area contributed by atoms with E-state index in [0.717, 1.165) is 21.8 Å². The number of hydrogen-bond donors (Lipinski definition) is 4. The molecule has 2 amide bonds. The third-order valence-corrected chi connectivity index (χ3v) is 8.93. The van der Waals surface area contributed by atoms with Crippen LogP contribution < -0.4 is 11.1 Å². The highest BCUT2D eigenvalue weighted by Gasteiger charge is 2.54. The van der Waals surface area contributed by atoms with Crippen LogP contribution in [0, 0.1) is 0 Å². The van der Waals surface area contributed by atoms with Gasteiger partial charge in [-0.3, -0.25) is 19.5 Å². The molecule has 0 aromatic carbocycles. The number of aliphatic carboxylic acids is 1. The molecule has 2 aliphatic rings. The Kier molecular flexibility index (Phi) is 7.72. The van der Waals surface area contributed by atoms with Crippen LogP contribution in [-0.2, 0) is 19.2 Å². The van der Waals surface area contributed by atoms with Crippen molar-refractivity contribution >= 4 is 69.2 Å². The Morgan fingerprint density at radius 1 is 1.38 bits per heavy atom. The van der Waals surface area contributed by atoms with Crippen molar-refractivity contribution in [1.82, 2.24) is 40.8 Å². The number of amides is 2. The summed E-state index contributed by atoms with van der Waals surface area (Å²) in [5.41, 5.74) is 5.27. The predicted molar refractivity (Wildman–Crippen MR) is 147 cm³/mol. The van der Waals surface area contributed by atoms with E-state index >= 15 is 0 Å². The van der Waals surface area contributed by atoms with Gasteiger partial charge in [0.2, 0.25) is 11.4 Å². The second-order valence-electron chi connectivity index (χ2n) is 8.94. The molecule has 0 aliphatic carbocycles.